The Labute approximate surface area is 135 Å². The minimum absolute atomic E-state index is 0.160. The number of hydrogen-bond donors (Lipinski definition) is 2. The second-order valence-electron chi connectivity index (χ2n) is 4.07. The Hall–Kier alpha value is -1.75. The molecule has 1 aromatic heterocycles. The van der Waals surface area contributed by atoms with Crippen LogP contribution in [0.25, 0.3) is 0 Å². The van der Waals surface area contributed by atoms with Gasteiger partial charge in [-0.15, -0.1) is 11.8 Å². The Morgan fingerprint density at radius 2 is 2.38 bits per heavy atom. The molecule has 1 heterocycles. The lowest BCUT2D eigenvalue weighted by molar-refractivity contribution is -0.113. The van der Waals surface area contributed by atoms with Crippen molar-refractivity contribution in [1.29, 1.82) is 5.26 Å². The number of nitrogens with one attached hydrogen (secondary N) is 1. The van der Waals surface area contributed by atoms with Gasteiger partial charge in [0.2, 0.25) is 5.91 Å². The van der Waals surface area contributed by atoms with E-state index in [0.29, 0.717) is 21.4 Å². The van der Waals surface area contributed by atoms with E-state index in [1.54, 1.807) is 18.2 Å². The lowest BCUT2D eigenvalue weighted by atomic mass is 10.2. The molecular weight excluding hydrogens is 328 g/mol. The molecule has 0 fully saturated rings. The highest BCUT2D eigenvalue weighted by Gasteiger charge is 2.10. The molecule has 8 heteroatoms. The van der Waals surface area contributed by atoms with Crippen molar-refractivity contribution in [1.82, 2.24) is 4.98 Å². The minimum atomic E-state index is -0.160. The van der Waals surface area contributed by atoms with Crippen molar-refractivity contribution in [3.05, 3.63) is 34.5 Å². The summed E-state index contributed by atoms with van der Waals surface area (Å²) in [5.74, 6) is 0.0900. The Balaban J connectivity index is 1.94. The first-order chi connectivity index (χ1) is 9.99. The number of halogens is 1. The van der Waals surface area contributed by atoms with E-state index in [9.17, 15) is 4.79 Å². The number of nitrogens with zero attached hydrogens (tertiary/aromatic N) is 2. The zero-order valence-electron chi connectivity index (χ0n) is 11.0. The smallest absolute Gasteiger partial charge is 0.234 e. The number of thioether (sulfide) groups is 1. The fourth-order valence-corrected chi connectivity index (χ4v) is 3.59. The molecule has 0 saturated carbocycles. The first-order valence-corrected chi connectivity index (χ1v) is 8.03. The van der Waals surface area contributed by atoms with E-state index < -0.39 is 0 Å². The number of nitrogen functional groups attached to an aromatic ring is 1. The quantitative estimate of drug-likeness (QED) is 0.834. The largest absolute Gasteiger partial charge is 0.375 e. The van der Waals surface area contributed by atoms with Crippen molar-refractivity contribution in [3.63, 3.8) is 0 Å². The highest BCUT2D eigenvalue weighted by Crippen LogP contribution is 2.30. The first kappa shape index (κ1) is 15.6. The molecule has 108 valence electrons. The molecule has 1 aromatic carbocycles. The zero-order valence-corrected chi connectivity index (χ0v) is 13.4. The van der Waals surface area contributed by atoms with Crippen LogP contribution in [0.3, 0.4) is 0 Å². The molecular formula is C13H11ClN4OS2. The number of aryl methyl sites for hydroxylation is 1. The van der Waals surface area contributed by atoms with E-state index in [2.05, 4.69) is 10.3 Å². The lowest BCUT2D eigenvalue weighted by Crippen LogP contribution is -2.13. The zero-order chi connectivity index (χ0) is 15.4. The second kappa shape index (κ2) is 6.80. The van der Waals surface area contributed by atoms with E-state index >= 15 is 0 Å². The Kier molecular flexibility index (Phi) is 5.07. The normalized spacial score (nSPS) is 10.1. The van der Waals surface area contributed by atoms with Gasteiger partial charge in [0.15, 0.2) is 5.13 Å². The van der Waals surface area contributed by atoms with Gasteiger partial charge < -0.3 is 11.1 Å². The minimum Gasteiger partial charge on any atom is -0.375 e. The summed E-state index contributed by atoms with van der Waals surface area (Å²) in [6.07, 6.45) is 0. The topological polar surface area (TPSA) is 91.8 Å². The van der Waals surface area contributed by atoms with Crippen molar-refractivity contribution in [3.8, 4) is 6.07 Å². The van der Waals surface area contributed by atoms with Gasteiger partial charge in [-0.3, -0.25) is 4.79 Å². The molecule has 0 spiro atoms. The van der Waals surface area contributed by atoms with E-state index in [1.807, 2.05) is 13.0 Å². The number of hydrogen-bond acceptors (Lipinski definition) is 6. The predicted octanol–water partition coefficient (Wildman–Crippen LogP) is 3.29. The van der Waals surface area contributed by atoms with Crippen LogP contribution in [-0.4, -0.2) is 16.6 Å². The third-order valence-corrected chi connectivity index (χ3v) is 5.14. The van der Waals surface area contributed by atoms with Gasteiger partial charge in [0, 0.05) is 5.69 Å². The Morgan fingerprint density at radius 1 is 1.62 bits per heavy atom. The van der Waals surface area contributed by atoms with Gasteiger partial charge in [-0.25, -0.2) is 4.98 Å². The maximum absolute atomic E-state index is 11.9. The molecule has 0 bridgehead atoms. The van der Waals surface area contributed by atoms with Gasteiger partial charge in [-0.2, -0.15) is 5.26 Å². The van der Waals surface area contributed by atoms with Crippen LogP contribution >= 0.6 is 34.7 Å². The highest BCUT2D eigenvalue weighted by atomic mass is 35.5. The van der Waals surface area contributed by atoms with Crippen LogP contribution in [0, 0.1) is 18.3 Å². The number of benzene rings is 1. The summed E-state index contributed by atoms with van der Waals surface area (Å²) in [5, 5.41) is 12.3. The number of nitriles is 1. The number of nitrogens with two attached hydrogens (primary N) is 1. The fourth-order valence-electron chi connectivity index (χ4n) is 1.55. The first-order valence-electron chi connectivity index (χ1n) is 5.85. The van der Waals surface area contributed by atoms with Crippen LogP contribution in [0.2, 0.25) is 5.02 Å². The standard InChI is InChI=1S/C13H11ClN4OS2/c1-7-12(21-13(16)17-7)20-6-11(19)18-9-3-2-8(5-15)10(14)4-9/h2-4H,6H2,1H3,(H2,16,17)(H,18,19). The van der Waals surface area contributed by atoms with Crippen LogP contribution in [0.4, 0.5) is 10.8 Å². The third kappa shape index (κ3) is 4.11. The van der Waals surface area contributed by atoms with Crippen molar-refractivity contribution in [2.75, 3.05) is 16.8 Å². The summed E-state index contributed by atoms with van der Waals surface area (Å²) >= 11 is 8.66. The van der Waals surface area contributed by atoms with Crippen molar-refractivity contribution in [2.24, 2.45) is 0 Å². The predicted molar refractivity (Wildman–Crippen MR) is 86.8 cm³/mol. The molecule has 0 saturated heterocycles. The summed E-state index contributed by atoms with van der Waals surface area (Å²) < 4.78 is 0.931. The molecule has 21 heavy (non-hydrogen) atoms. The third-order valence-electron chi connectivity index (χ3n) is 2.48. The molecule has 0 aliphatic heterocycles. The van der Waals surface area contributed by atoms with E-state index in [0.717, 1.165) is 9.90 Å². The molecule has 0 aliphatic carbocycles. The van der Waals surface area contributed by atoms with Gasteiger partial charge in [0.25, 0.3) is 0 Å². The summed E-state index contributed by atoms with van der Waals surface area (Å²) in [7, 11) is 0. The fraction of sp³-hybridized carbons (Fsp3) is 0.154. The average molecular weight is 339 g/mol. The second-order valence-corrected chi connectivity index (χ2v) is 6.75. The number of anilines is 2. The molecule has 0 atom stereocenters. The van der Waals surface area contributed by atoms with Gasteiger partial charge in [-0.1, -0.05) is 22.9 Å². The monoisotopic (exact) mass is 338 g/mol. The van der Waals surface area contributed by atoms with Crippen molar-refractivity contribution in [2.45, 2.75) is 11.1 Å². The number of rotatable bonds is 4. The van der Waals surface area contributed by atoms with E-state index in [-0.39, 0.29) is 11.7 Å². The van der Waals surface area contributed by atoms with Crippen LogP contribution < -0.4 is 11.1 Å². The molecule has 3 N–H and O–H groups in total. The summed E-state index contributed by atoms with van der Waals surface area (Å²) in [4.78, 5) is 16.0. The molecule has 0 aliphatic rings. The molecule has 2 rings (SSSR count). The number of amides is 1. The van der Waals surface area contributed by atoms with Crippen molar-refractivity contribution < 1.29 is 4.79 Å². The number of carbonyl (C=O) groups is 1. The Bertz CT molecular complexity index is 723. The number of thiazole rings is 1. The lowest BCUT2D eigenvalue weighted by Gasteiger charge is -2.05. The highest BCUT2D eigenvalue weighted by molar-refractivity contribution is 8.01. The maximum atomic E-state index is 11.9. The van der Waals surface area contributed by atoms with Crippen LogP contribution in [0.5, 0.6) is 0 Å². The van der Waals surface area contributed by atoms with E-state index in [1.165, 1.54) is 23.1 Å². The van der Waals surface area contributed by atoms with E-state index in [4.69, 9.17) is 22.6 Å². The summed E-state index contributed by atoms with van der Waals surface area (Å²) in [6.45, 7) is 1.85. The molecule has 2 aromatic rings. The maximum Gasteiger partial charge on any atom is 0.234 e. The average Bonchev–Trinajstić information content (AvgIpc) is 2.75. The Morgan fingerprint density at radius 3 is 2.95 bits per heavy atom. The number of aromatic nitrogens is 1. The van der Waals surface area contributed by atoms with Gasteiger partial charge in [0.1, 0.15) is 6.07 Å². The molecule has 5 nitrogen and oxygen atoms in total. The van der Waals surface area contributed by atoms with Crippen LogP contribution in [0.15, 0.2) is 22.4 Å². The SMILES string of the molecule is Cc1nc(N)sc1SCC(=O)Nc1ccc(C#N)c(Cl)c1. The van der Waals surface area contributed by atoms with Gasteiger partial charge >= 0.3 is 0 Å². The molecule has 0 radical (unpaired) electrons. The molecule has 1 amide bonds. The van der Waals surface area contributed by atoms with Crippen LogP contribution in [0.1, 0.15) is 11.3 Å². The summed E-state index contributed by atoms with van der Waals surface area (Å²) in [5.41, 5.74) is 7.37. The number of carbonyl (C=O) groups excluding carboxylic acids is 1. The van der Waals surface area contributed by atoms with Gasteiger partial charge in [-0.05, 0) is 25.1 Å². The van der Waals surface area contributed by atoms with Crippen LogP contribution in [-0.2, 0) is 4.79 Å². The molecule has 0 unspecified atom stereocenters. The van der Waals surface area contributed by atoms with Crippen molar-refractivity contribution >= 4 is 51.4 Å². The van der Waals surface area contributed by atoms with Gasteiger partial charge in [0.05, 0.1) is 26.2 Å². The summed E-state index contributed by atoms with van der Waals surface area (Å²) in [6, 6.07) is 6.73.